The summed E-state index contributed by atoms with van der Waals surface area (Å²) in [6.45, 7) is 0. The average Bonchev–Trinajstić information content (AvgIpc) is 3.35. The van der Waals surface area contributed by atoms with E-state index in [1.807, 2.05) is 53.9 Å². The van der Waals surface area contributed by atoms with Crippen molar-refractivity contribution in [1.29, 1.82) is 0 Å². The number of anilines is 1. The Morgan fingerprint density at radius 1 is 1.15 bits per heavy atom. The molecule has 4 aromatic rings. The van der Waals surface area contributed by atoms with Crippen LogP contribution in [0.5, 0.6) is 0 Å². The van der Waals surface area contributed by atoms with E-state index in [0.717, 1.165) is 44.6 Å². The maximum atomic E-state index is 12.1. The second kappa shape index (κ2) is 8.37. The van der Waals surface area contributed by atoms with Crippen molar-refractivity contribution in [1.82, 2.24) is 15.0 Å². The number of thiazole rings is 1. The second-order valence-electron chi connectivity index (χ2n) is 5.97. The van der Waals surface area contributed by atoms with Crippen LogP contribution in [0.25, 0.3) is 21.6 Å². The molecule has 7 heteroatoms. The van der Waals surface area contributed by atoms with Crippen LogP contribution in [0.1, 0.15) is 12.8 Å². The highest BCUT2D eigenvalue weighted by molar-refractivity contribution is 7.99. The quantitative estimate of drug-likeness (QED) is 0.334. The molecule has 0 spiro atoms. The van der Waals surface area contributed by atoms with Gasteiger partial charge in [-0.25, -0.2) is 9.97 Å². The molecule has 136 valence electrons. The first kappa shape index (κ1) is 17.8. The Bertz CT molecular complexity index is 993. The molecular weight excluding hydrogens is 376 g/mol. The van der Waals surface area contributed by atoms with E-state index in [-0.39, 0.29) is 5.91 Å². The molecule has 0 saturated heterocycles. The number of amides is 1. The molecule has 0 atom stereocenters. The van der Waals surface area contributed by atoms with Gasteiger partial charge in [0, 0.05) is 35.0 Å². The van der Waals surface area contributed by atoms with Crippen molar-refractivity contribution in [3.05, 3.63) is 60.1 Å². The number of benzene rings is 2. The summed E-state index contributed by atoms with van der Waals surface area (Å²) >= 11 is 3.24. The number of thioether (sulfide) groups is 1. The van der Waals surface area contributed by atoms with Crippen LogP contribution in [0, 0.1) is 0 Å². The number of fused-ring (bicyclic) bond motifs is 1. The van der Waals surface area contributed by atoms with Crippen molar-refractivity contribution >= 4 is 45.7 Å². The van der Waals surface area contributed by atoms with Crippen molar-refractivity contribution in [3.63, 3.8) is 0 Å². The zero-order chi connectivity index (χ0) is 18.5. The summed E-state index contributed by atoms with van der Waals surface area (Å²) in [5.41, 5.74) is 3.88. The van der Waals surface area contributed by atoms with E-state index in [9.17, 15) is 4.79 Å². The maximum Gasteiger partial charge on any atom is 0.224 e. The number of hydrogen-bond acceptors (Lipinski definition) is 5. The smallest absolute Gasteiger partial charge is 0.224 e. The number of H-pyrrole nitrogens is 1. The van der Waals surface area contributed by atoms with Gasteiger partial charge in [-0.15, -0.1) is 11.3 Å². The van der Waals surface area contributed by atoms with E-state index in [1.54, 1.807) is 29.3 Å². The lowest BCUT2D eigenvalue weighted by Gasteiger charge is -2.05. The minimum atomic E-state index is 0.0298. The molecule has 2 aromatic carbocycles. The lowest BCUT2D eigenvalue weighted by molar-refractivity contribution is -0.116. The zero-order valence-corrected chi connectivity index (χ0v) is 16.1. The molecule has 5 nitrogen and oxygen atoms in total. The van der Waals surface area contributed by atoms with Crippen molar-refractivity contribution in [2.45, 2.75) is 18.0 Å². The highest BCUT2D eigenvalue weighted by Gasteiger charge is 2.06. The fourth-order valence-electron chi connectivity index (χ4n) is 2.68. The lowest BCUT2D eigenvalue weighted by atomic mass is 10.2. The van der Waals surface area contributed by atoms with Gasteiger partial charge in [0.1, 0.15) is 5.01 Å². The van der Waals surface area contributed by atoms with Crippen molar-refractivity contribution < 1.29 is 4.79 Å². The molecule has 0 unspecified atom stereocenters. The number of rotatable bonds is 7. The average molecular weight is 395 g/mol. The number of nitrogens with one attached hydrogen (secondary N) is 2. The van der Waals surface area contributed by atoms with Gasteiger partial charge < -0.3 is 10.3 Å². The molecule has 0 aliphatic rings. The minimum Gasteiger partial charge on any atom is -0.333 e. The summed E-state index contributed by atoms with van der Waals surface area (Å²) < 4.78 is 0. The highest BCUT2D eigenvalue weighted by atomic mass is 32.2. The zero-order valence-electron chi connectivity index (χ0n) is 14.5. The number of para-hydroxylation sites is 2. The molecule has 2 N–H and O–H groups in total. The molecular formula is C20H18N4OS2. The predicted molar refractivity (Wildman–Crippen MR) is 112 cm³/mol. The predicted octanol–water partition coefficient (Wildman–Crippen LogP) is 5.20. The third-order valence-corrected chi connectivity index (χ3v) is 5.78. The van der Waals surface area contributed by atoms with E-state index in [0.29, 0.717) is 6.42 Å². The van der Waals surface area contributed by atoms with Crippen molar-refractivity contribution in [3.8, 4) is 10.6 Å². The summed E-state index contributed by atoms with van der Waals surface area (Å²) in [5, 5.41) is 6.78. The topological polar surface area (TPSA) is 70.7 Å². The Morgan fingerprint density at radius 2 is 2.00 bits per heavy atom. The van der Waals surface area contributed by atoms with Gasteiger partial charge >= 0.3 is 0 Å². The summed E-state index contributed by atoms with van der Waals surface area (Å²) in [4.78, 5) is 24.2. The first-order valence-electron chi connectivity index (χ1n) is 8.65. The number of aromatic nitrogens is 3. The van der Waals surface area contributed by atoms with Gasteiger partial charge in [-0.3, -0.25) is 4.79 Å². The first-order chi connectivity index (χ1) is 13.3. The van der Waals surface area contributed by atoms with E-state index < -0.39 is 0 Å². The van der Waals surface area contributed by atoms with Crippen LogP contribution in [-0.2, 0) is 4.79 Å². The molecule has 0 fully saturated rings. The Kier molecular flexibility index (Phi) is 5.50. The van der Waals surface area contributed by atoms with E-state index in [2.05, 4.69) is 20.3 Å². The summed E-state index contributed by atoms with van der Waals surface area (Å²) in [7, 11) is 0. The molecule has 0 saturated carbocycles. The van der Waals surface area contributed by atoms with Crippen LogP contribution >= 0.6 is 23.1 Å². The fourth-order valence-corrected chi connectivity index (χ4v) is 4.16. The monoisotopic (exact) mass is 394 g/mol. The third-order valence-electron chi connectivity index (χ3n) is 4.00. The van der Waals surface area contributed by atoms with Crippen LogP contribution in [0.4, 0.5) is 5.69 Å². The largest absolute Gasteiger partial charge is 0.333 e. The molecule has 2 heterocycles. The Morgan fingerprint density at radius 3 is 2.78 bits per heavy atom. The number of carbonyl (C=O) groups excluding carboxylic acids is 1. The van der Waals surface area contributed by atoms with Gasteiger partial charge in [0.05, 0.1) is 11.0 Å². The van der Waals surface area contributed by atoms with Gasteiger partial charge in [-0.1, -0.05) is 23.9 Å². The minimum absolute atomic E-state index is 0.0298. The molecule has 0 aliphatic carbocycles. The Balaban J connectivity index is 1.22. The lowest BCUT2D eigenvalue weighted by Crippen LogP contribution is -2.11. The van der Waals surface area contributed by atoms with Gasteiger partial charge in [-0.05, 0) is 42.8 Å². The van der Waals surface area contributed by atoms with E-state index in [1.165, 1.54) is 0 Å². The van der Waals surface area contributed by atoms with Crippen LogP contribution < -0.4 is 5.32 Å². The maximum absolute atomic E-state index is 12.1. The van der Waals surface area contributed by atoms with Crippen LogP contribution in [0.2, 0.25) is 0 Å². The number of nitrogens with zero attached hydrogens (tertiary/aromatic N) is 2. The van der Waals surface area contributed by atoms with E-state index in [4.69, 9.17) is 0 Å². The SMILES string of the molecule is O=C(CCCSc1nc2ccccc2[nH]1)Nc1ccc(-c2nccs2)cc1. The second-order valence-corrected chi connectivity index (χ2v) is 7.95. The van der Waals surface area contributed by atoms with Gasteiger partial charge in [0.15, 0.2) is 5.16 Å². The molecule has 2 aromatic heterocycles. The normalized spacial score (nSPS) is 11.0. The van der Waals surface area contributed by atoms with Crippen LogP contribution in [-0.4, -0.2) is 26.6 Å². The molecule has 27 heavy (non-hydrogen) atoms. The van der Waals surface area contributed by atoms with Gasteiger partial charge in [-0.2, -0.15) is 0 Å². The van der Waals surface area contributed by atoms with Gasteiger partial charge in [0.2, 0.25) is 5.91 Å². The fraction of sp³-hybridized carbons (Fsp3) is 0.150. The number of imidazole rings is 1. The highest BCUT2D eigenvalue weighted by Crippen LogP contribution is 2.23. The number of carbonyl (C=O) groups is 1. The molecule has 0 bridgehead atoms. The number of hydrogen-bond donors (Lipinski definition) is 2. The third kappa shape index (κ3) is 4.56. The summed E-state index contributed by atoms with van der Waals surface area (Å²) in [6, 6.07) is 15.8. The van der Waals surface area contributed by atoms with Crippen LogP contribution in [0.3, 0.4) is 0 Å². The Hall–Kier alpha value is -2.64. The molecule has 1 amide bonds. The first-order valence-corrected chi connectivity index (χ1v) is 10.5. The summed E-state index contributed by atoms with van der Waals surface area (Å²) in [5.74, 6) is 0.873. The van der Waals surface area contributed by atoms with E-state index >= 15 is 0 Å². The number of aromatic amines is 1. The van der Waals surface area contributed by atoms with Crippen LogP contribution in [0.15, 0.2) is 65.3 Å². The molecule has 0 radical (unpaired) electrons. The molecule has 0 aliphatic heterocycles. The standard InChI is InChI=1S/C20H18N4OS2/c25-18(22-15-9-7-14(8-10-15)19-21-11-13-26-19)6-3-12-27-20-23-16-4-1-2-5-17(16)24-20/h1-2,4-5,7-11,13H,3,6,12H2,(H,22,25)(H,23,24). The van der Waals surface area contributed by atoms with Gasteiger partial charge in [0.25, 0.3) is 0 Å². The van der Waals surface area contributed by atoms with Crippen molar-refractivity contribution in [2.75, 3.05) is 11.1 Å². The molecule has 4 rings (SSSR count). The summed E-state index contributed by atoms with van der Waals surface area (Å²) in [6.07, 6.45) is 3.07. The van der Waals surface area contributed by atoms with Crippen molar-refractivity contribution in [2.24, 2.45) is 0 Å². The Labute approximate surface area is 165 Å².